The standard InChI is InChI=1S/C20H21F3N2O4/c1-3-28-16-13-9-8-12-15(16)17(26)25-19(20(21,22)23,18(27)29-4-2)24-14-10-6-5-7-11-14/h5-13,24H,3-4H2,1-2H3,(H,25,26). The van der Waals surface area contributed by atoms with Crippen molar-refractivity contribution in [1.82, 2.24) is 5.32 Å². The number of para-hydroxylation sites is 2. The molecule has 2 aromatic rings. The molecular formula is C20H21F3N2O4. The molecule has 0 aliphatic carbocycles. The minimum Gasteiger partial charge on any atom is -0.493 e. The van der Waals surface area contributed by atoms with E-state index in [1.54, 1.807) is 24.4 Å². The molecule has 29 heavy (non-hydrogen) atoms. The Morgan fingerprint density at radius 3 is 2.14 bits per heavy atom. The molecule has 2 N–H and O–H groups in total. The summed E-state index contributed by atoms with van der Waals surface area (Å²) in [5.41, 5.74) is -3.68. The Morgan fingerprint density at radius 2 is 1.55 bits per heavy atom. The van der Waals surface area contributed by atoms with Crippen LogP contribution in [0.5, 0.6) is 5.75 Å². The fourth-order valence-electron chi connectivity index (χ4n) is 2.54. The van der Waals surface area contributed by atoms with Crippen molar-refractivity contribution in [2.75, 3.05) is 18.5 Å². The first kappa shape index (κ1) is 22.1. The lowest BCUT2D eigenvalue weighted by molar-refractivity contribution is -0.204. The zero-order chi connectivity index (χ0) is 21.5. The third kappa shape index (κ3) is 4.98. The van der Waals surface area contributed by atoms with Crippen LogP contribution in [0.3, 0.4) is 0 Å². The molecule has 0 aliphatic heterocycles. The summed E-state index contributed by atoms with van der Waals surface area (Å²) in [7, 11) is 0. The van der Waals surface area contributed by atoms with E-state index >= 15 is 0 Å². The molecular weight excluding hydrogens is 389 g/mol. The summed E-state index contributed by atoms with van der Waals surface area (Å²) in [4.78, 5) is 25.2. The summed E-state index contributed by atoms with van der Waals surface area (Å²) in [5, 5.41) is 3.89. The number of rotatable bonds is 8. The Balaban J connectivity index is 2.51. The highest BCUT2D eigenvalue weighted by Crippen LogP contribution is 2.34. The quantitative estimate of drug-likeness (QED) is 0.512. The number of hydrogen-bond acceptors (Lipinski definition) is 5. The Bertz CT molecular complexity index is 843. The molecule has 1 unspecified atom stereocenters. The Hall–Kier alpha value is -3.23. The second-order valence-corrected chi connectivity index (χ2v) is 5.84. The van der Waals surface area contributed by atoms with Crippen LogP contribution < -0.4 is 15.4 Å². The average Bonchev–Trinajstić information content (AvgIpc) is 2.68. The molecule has 9 heteroatoms. The van der Waals surface area contributed by atoms with Gasteiger partial charge < -0.3 is 20.1 Å². The van der Waals surface area contributed by atoms with Crippen molar-refractivity contribution >= 4 is 17.6 Å². The molecule has 0 saturated carbocycles. The fraction of sp³-hybridized carbons (Fsp3) is 0.300. The smallest absolute Gasteiger partial charge is 0.441 e. The van der Waals surface area contributed by atoms with Crippen molar-refractivity contribution in [2.45, 2.75) is 25.7 Å². The van der Waals surface area contributed by atoms with E-state index in [0.717, 1.165) is 0 Å². The summed E-state index contributed by atoms with van der Waals surface area (Å²) < 4.78 is 52.4. The van der Waals surface area contributed by atoms with E-state index in [0.29, 0.717) is 0 Å². The van der Waals surface area contributed by atoms with Crippen molar-refractivity contribution < 1.29 is 32.2 Å². The SMILES string of the molecule is CCOC(=O)C(NC(=O)c1ccccc1OCC)(Nc1ccccc1)C(F)(F)F. The number of halogens is 3. The van der Waals surface area contributed by atoms with E-state index in [-0.39, 0.29) is 30.2 Å². The first-order chi connectivity index (χ1) is 13.7. The normalized spacial score (nSPS) is 13.1. The van der Waals surface area contributed by atoms with Crippen LogP contribution in [0.25, 0.3) is 0 Å². The predicted octanol–water partition coefficient (Wildman–Crippen LogP) is 3.75. The maximum absolute atomic E-state index is 14.2. The molecule has 0 spiro atoms. The number of anilines is 1. The van der Waals surface area contributed by atoms with Crippen molar-refractivity contribution in [3.8, 4) is 5.75 Å². The van der Waals surface area contributed by atoms with Crippen molar-refractivity contribution in [3.05, 3.63) is 60.2 Å². The van der Waals surface area contributed by atoms with Gasteiger partial charge in [-0.3, -0.25) is 4.79 Å². The Labute approximate surface area is 166 Å². The number of amides is 1. The minimum atomic E-state index is -5.22. The summed E-state index contributed by atoms with van der Waals surface area (Å²) in [6.45, 7) is 2.94. The third-order valence-electron chi connectivity index (χ3n) is 3.85. The molecule has 0 saturated heterocycles. The van der Waals surface area contributed by atoms with Crippen LogP contribution in [0.1, 0.15) is 24.2 Å². The number of carbonyl (C=O) groups excluding carboxylic acids is 2. The molecule has 156 valence electrons. The molecule has 2 rings (SSSR count). The van der Waals surface area contributed by atoms with Gasteiger partial charge in [0.25, 0.3) is 5.91 Å². The average molecular weight is 410 g/mol. The first-order valence-corrected chi connectivity index (χ1v) is 8.86. The van der Waals surface area contributed by atoms with Gasteiger partial charge in [-0.15, -0.1) is 0 Å². The highest BCUT2D eigenvalue weighted by molar-refractivity contribution is 6.01. The number of benzene rings is 2. The summed E-state index contributed by atoms with van der Waals surface area (Å²) in [5.74, 6) is -2.74. The Morgan fingerprint density at radius 1 is 0.931 bits per heavy atom. The summed E-state index contributed by atoms with van der Waals surface area (Å²) >= 11 is 0. The van der Waals surface area contributed by atoms with Crippen molar-refractivity contribution in [2.24, 2.45) is 0 Å². The molecule has 0 aliphatic rings. The minimum absolute atomic E-state index is 0.0312. The van der Waals surface area contributed by atoms with E-state index in [4.69, 9.17) is 4.74 Å². The van der Waals surface area contributed by atoms with Crippen molar-refractivity contribution in [3.63, 3.8) is 0 Å². The first-order valence-electron chi connectivity index (χ1n) is 8.86. The van der Waals surface area contributed by atoms with Gasteiger partial charge in [0.05, 0.1) is 18.8 Å². The topological polar surface area (TPSA) is 76.7 Å². The molecule has 0 aromatic heterocycles. The molecule has 2 aromatic carbocycles. The molecule has 6 nitrogen and oxygen atoms in total. The van der Waals surface area contributed by atoms with Gasteiger partial charge in [-0.1, -0.05) is 30.3 Å². The largest absolute Gasteiger partial charge is 0.493 e. The number of alkyl halides is 3. The Kier molecular flexibility index (Phi) is 7.08. The van der Waals surface area contributed by atoms with Crippen LogP contribution in [-0.4, -0.2) is 36.9 Å². The number of esters is 1. The van der Waals surface area contributed by atoms with Gasteiger partial charge in [-0.05, 0) is 38.1 Å². The van der Waals surface area contributed by atoms with Gasteiger partial charge >= 0.3 is 17.8 Å². The van der Waals surface area contributed by atoms with E-state index in [9.17, 15) is 22.8 Å². The highest BCUT2D eigenvalue weighted by atomic mass is 19.4. The van der Waals surface area contributed by atoms with Gasteiger partial charge in [0.15, 0.2) is 0 Å². The molecule has 0 radical (unpaired) electrons. The summed E-state index contributed by atoms with van der Waals surface area (Å²) in [6.07, 6.45) is -5.22. The second kappa shape index (κ2) is 9.31. The number of nitrogens with one attached hydrogen (secondary N) is 2. The van der Waals surface area contributed by atoms with Gasteiger partial charge in [-0.25, -0.2) is 4.79 Å². The lowest BCUT2D eigenvalue weighted by Crippen LogP contribution is -2.69. The van der Waals surface area contributed by atoms with Gasteiger partial charge in [-0.2, -0.15) is 13.2 Å². The second-order valence-electron chi connectivity index (χ2n) is 5.84. The van der Waals surface area contributed by atoms with Gasteiger partial charge in [0.1, 0.15) is 5.75 Å². The van der Waals surface area contributed by atoms with Crippen LogP contribution in [0.4, 0.5) is 18.9 Å². The fourth-order valence-corrected chi connectivity index (χ4v) is 2.54. The molecule has 1 amide bonds. The predicted molar refractivity (Wildman–Crippen MR) is 101 cm³/mol. The van der Waals surface area contributed by atoms with E-state index in [1.165, 1.54) is 49.4 Å². The lowest BCUT2D eigenvalue weighted by Gasteiger charge is -2.35. The van der Waals surface area contributed by atoms with E-state index in [2.05, 4.69) is 10.1 Å². The molecule has 0 heterocycles. The van der Waals surface area contributed by atoms with Crippen LogP contribution in [-0.2, 0) is 9.53 Å². The van der Waals surface area contributed by atoms with Crippen molar-refractivity contribution in [1.29, 1.82) is 0 Å². The lowest BCUT2D eigenvalue weighted by atomic mass is 10.1. The maximum atomic E-state index is 14.2. The van der Waals surface area contributed by atoms with E-state index in [1.807, 2.05) is 0 Å². The highest BCUT2D eigenvalue weighted by Gasteiger charge is 2.63. The molecule has 0 bridgehead atoms. The zero-order valence-corrected chi connectivity index (χ0v) is 15.9. The summed E-state index contributed by atoms with van der Waals surface area (Å²) in [6, 6.07) is 13.0. The third-order valence-corrected chi connectivity index (χ3v) is 3.85. The van der Waals surface area contributed by atoms with Gasteiger partial charge in [0.2, 0.25) is 0 Å². The van der Waals surface area contributed by atoms with Crippen LogP contribution in [0.2, 0.25) is 0 Å². The number of carbonyl (C=O) groups is 2. The van der Waals surface area contributed by atoms with Crippen LogP contribution in [0.15, 0.2) is 54.6 Å². The van der Waals surface area contributed by atoms with Crippen LogP contribution in [0, 0.1) is 0 Å². The zero-order valence-electron chi connectivity index (χ0n) is 15.9. The number of hydrogen-bond donors (Lipinski definition) is 2. The van der Waals surface area contributed by atoms with E-state index < -0.39 is 23.7 Å². The van der Waals surface area contributed by atoms with Crippen LogP contribution >= 0.6 is 0 Å². The number of ether oxygens (including phenoxy) is 2. The maximum Gasteiger partial charge on any atom is 0.441 e. The molecule has 0 fully saturated rings. The molecule has 1 atom stereocenters. The van der Waals surface area contributed by atoms with Gasteiger partial charge in [0, 0.05) is 5.69 Å². The monoisotopic (exact) mass is 410 g/mol.